The van der Waals surface area contributed by atoms with Crippen LogP contribution in [0.25, 0.3) is 10.9 Å². The van der Waals surface area contributed by atoms with Gasteiger partial charge in [-0.1, -0.05) is 6.58 Å². The van der Waals surface area contributed by atoms with E-state index in [9.17, 15) is 9.59 Å². The Labute approximate surface area is 184 Å². The molecule has 0 aliphatic heterocycles. The molecule has 0 fully saturated rings. The summed E-state index contributed by atoms with van der Waals surface area (Å²) < 4.78 is 6.02. The van der Waals surface area contributed by atoms with Crippen molar-refractivity contribution < 1.29 is 14.3 Å². The first kappa shape index (κ1) is 20.7. The first-order valence-electron chi connectivity index (χ1n) is 9.73. The lowest BCUT2D eigenvalue weighted by Gasteiger charge is -2.11. The first-order chi connectivity index (χ1) is 15.5. The summed E-state index contributed by atoms with van der Waals surface area (Å²) in [6, 6.07) is 15.5. The minimum atomic E-state index is -0.320. The van der Waals surface area contributed by atoms with Gasteiger partial charge in [0, 0.05) is 34.7 Å². The number of amides is 2. The Morgan fingerprint density at radius 3 is 2.50 bits per heavy atom. The van der Waals surface area contributed by atoms with E-state index in [2.05, 4.69) is 32.2 Å². The molecule has 2 N–H and O–H groups in total. The second-order valence-electron chi connectivity index (χ2n) is 6.84. The van der Waals surface area contributed by atoms with Crippen LogP contribution in [0.4, 0.5) is 11.6 Å². The highest BCUT2D eigenvalue weighted by Crippen LogP contribution is 2.31. The molecule has 8 nitrogen and oxygen atoms in total. The van der Waals surface area contributed by atoms with Gasteiger partial charge in [-0.3, -0.25) is 19.9 Å². The van der Waals surface area contributed by atoms with E-state index in [1.54, 1.807) is 67.0 Å². The highest BCUT2D eigenvalue weighted by Gasteiger charge is 2.10. The Kier molecular flexibility index (Phi) is 5.85. The van der Waals surface area contributed by atoms with E-state index < -0.39 is 0 Å². The van der Waals surface area contributed by atoms with Crippen molar-refractivity contribution in [1.29, 1.82) is 0 Å². The first-order valence-corrected chi connectivity index (χ1v) is 9.73. The molecule has 0 unspecified atom stereocenters. The Morgan fingerprint density at radius 1 is 0.969 bits per heavy atom. The highest BCUT2D eigenvalue weighted by molar-refractivity contribution is 6.03. The van der Waals surface area contributed by atoms with Crippen LogP contribution >= 0.6 is 0 Å². The average molecular weight is 425 g/mol. The molecule has 2 heterocycles. The lowest BCUT2D eigenvalue weighted by atomic mass is 10.1. The van der Waals surface area contributed by atoms with E-state index in [1.807, 2.05) is 6.92 Å². The van der Waals surface area contributed by atoms with E-state index in [0.717, 1.165) is 11.1 Å². The minimum absolute atomic E-state index is 0.248. The molecule has 4 rings (SSSR count). The van der Waals surface area contributed by atoms with Gasteiger partial charge in [0.05, 0.1) is 5.52 Å². The molecule has 4 aromatic rings. The number of hydrogen-bond donors (Lipinski definition) is 2. The number of nitrogens with zero attached hydrogens (tertiary/aromatic N) is 3. The highest BCUT2D eigenvalue weighted by atomic mass is 16.5. The molecule has 2 aromatic carbocycles. The average Bonchev–Trinajstić information content (AvgIpc) is 2.80. The van der Waals surface area contributed by atoms with Crippen molar-refractivity contribution in [2.75, 3.05) is 10.6 Å². The molecule has 0 atom stereocenters. The summed E-state index contributed by atoms with van der Waals surface area (Å²) in [4.78, 5) is 36.6. The van der Waals surface area contributed by atoms with Gasteiger partial charge in [-0.05, 0) is 67.6 Å². The van der Waals surface area contributed by atoms with E-state index in [-0.39, 0.29) is 17.8 Å². The second kappa shape index (κ2) is 9.05. The number of benzene rings is 2. The number of aromatic nitrogens is 3. The molecule has 0 aliphatic carbocycles. The lowest BCUT2D eigenvalue weighted by Crippen LogP contribution is -2.14. The predicted octanol–water partition coefficient (Wildman–Crippen LogP) is 4.50. The molecule has 2 aromatic heterocycles. The van der Waals surface area contributed by atoms with Crippen LogP contribution in [0.3, 0.4) is 0 Å². The Balaban J connectivity index is 1.52. The Hall–Kier alpha value is -4.59. The predicted molar refractivity (Wildman–Crippen MR) is 122 cm³/mol. The molecule has 32 heavy (non-hydrogen) atoms. The van der Waals surface area contributed by atoms with Crippen LogP contribution in [0.1, 0.15) is 16.1 Å². The van der Waals surface area contributed by atoms with Gasteiger partial charge in [-0.2, -0.15) is 0 Å². The number of hydrogen-bond acceptors (Lipinski definition) is 6. The monoisotopic (exact) mass is 425 g/mol. The molecule has 0 spiro atoms. The molecular formula is C24H19N5O3. The van der Waals surface area contributed by atoms with Crippen LogP contribution < -0.4 is 15.4 Å². The molecular weight excluding hydrogens is 406 g/mol. The van der Waals surface area contributed by atoms with Crippen LogP contribution in [0.5, 0.6) is 11.5 Å². The van der Waals surface area contributed by atoms with Crippen molar-refractivity contribution in [3.63, 3.8) is 0 Å². The Bertz CT molecular complexity index is 1320. The summed E-state index contributed by atoms with van der Waals surface area (Å²) >= 11 is 0. The maximum Gasteiger partial charge on any atom is 0.258 e. The SMILES string of the molecule is C=CC(=O)Nc1ccc2nccc(Oc3ccc(C(=O)Nc4nccc(C)n4)cc3)c2c1. The molecule has 158 valence electrons. The number of carbonyl (C=O) groups excluding carboxylic acids is 2. The normalized spacial score (nSPS) is 10.4. The zero-order valence-electron chi connectivity index (χ0n) is 17.2. The van der Waals surface area contributed by atoms with Crippen molar-refractivity contribution >= 4 is 34.4 Å². The number of pyridine rings is 1. The lowest BCUT2D eigenvalue weighted by molar-refractivity contribution is -0.111. The smallest absolute Gasteiger partial charge is 0.258 e. The van der Waals surface area contributed by atoms with Crippen molar-refractivity contribution in [2.24, 2.45) is 0 Å². The van der Waals surface area contributed by atoms with Crippen LogP contribution in [0.15, 0.2) is 79.6 Å². The van der Waals surface area contributed by atoms with Crippen LogP contribution in [0, 0.1) is 6.92 Å². The number of aryl methyl sites for hydroxylation is 1. The van der Waals surface area contributed by atoms with Crippen molar-refractivity contribution in [2.45, 2.75) is 6.92 Å². The van der Waals surface area contributed by atoms with Gasteiger partial charge < -0.3 is 10.1 Å². The van der Waals surface area contributed by atoms with E-state index in [1.165, 1.54) is 6.08 Å². The number of fused-ring (bicyclic) bond motifs is 1. The van der Waals surface area contributed by atoms with E-state index in [4.69, 9.17) is 4.74 Å². The van der Waals surface area contributed by atoms with Gasteiger partial charge in [0.25, 0.3) is 5.91 Å². The maximum atomic E-state index is 12.4. The topological polar surface area (TPSA) is 106 Å². The summed E-state index contributed by atoms with van der Waals surface area (Å²) in [7, 11) is 0. The zero-order valence-corrected chi connectivity index (χ0v) is 17.2. The fraction of sp³-hybridized carbons (Fsp3) is 0.0417. The van der Waals surface area contributed by atoms with Gasteiger partial charge in [0.2, 0.25) is 11.9 Å². The quantitative estimate of drug-likeness (QED) is 0.441. The van der Waals surface area contributed by atoms with Gasteiger partial charge in [0.1, 0.15) is 11.5 Å². The molecule has 2 amide bonds. The third kappa shape index (κ3) is 4.76. The molecule has 0 saturated heterocycles. The second-order valence-corrected chi connectivity index (χ2v) is 6.84. The van der Waals surface area contributed by atoms with Crippen LogP contribution in [-0.2, 0) is 4.79 Å². The molecule has 0 aliphatic rings. The van der Waals surface area contributed by atoms with Crippen molar-refractivity contribution in [1.82, 2.24) is 15.0 Å². The number of anilines is 2. The summed E-state index contributed by atoms with van der Waals surface area (Å²) in [5.74, 6) is 0.731. The van der Waals surface area contributed by atoms with Crippen LogP contribution in [0.2, 0.25) is 0 Å². The fourth-order valence-corrected chi connectivity index (χ4v) is 2.97. The van der Waals surface area contributed by atoms with E-state index in [0.29, 0.717) is 28.3 Å². The number of ether oxygens (including phenoxy) is 1. The Morgan fingerprint density at radius 2 is 1.75 bits per heavy atom. The fourth-order valence-electron chi connectivity index (χ4n) is 2.97. The molecule has 8 heteroatoms. The largest absolute Gasteiger partial charge is 0.457 e. The third-order valence-electron chi connectivity index (χ3n) is 4.52. The van der Waals surface area contributed by atoms with Gasteiger partial charge in [-0.15, -0.1) is 0 Å². The molecule has 0 radical (unpaired) electrons. The molecule has 0 saturated carbocycles. The standard InChI is InChI=1S/C24H19N5O3/c1-3-22(30)28-17-6-9-20-19(14-17)21(11-13-25-20)32-18-7-4-16(5-8-18)23(31)29-24-26-12-10-15(2)27-24/h3-14H,1H2,2H3,(H,28,30)(H,26,27,29,31). The number of rotatable bonds is 6. The number of carbonyl (C=O) groups is 2. The summed E-state index contributed by atoms with van der Waals surface area (Å²) in [5, 5.41) is 6.12. The summed E-state index contributed by atoms with van der Waals surface area (Å²) in [6.45, 7) is 5.28. The molecule has 0 bridgehead atoms. The third-order valence-corrected chi connectivity index (χ3v) is 4.52. The van der Waals surface area contributed by atoms with Gasteiger partial charge in [-0.25, -0.2) is 9.97 Å². The van der Waals surface area contributed by atoms with Crippen LogP contribution in [-0.4, -0.2) is 26.8 Å². The number of nitrogens with one attached hydrogen (secondary N) is 2. The van der Waals surface area contributed by atoms with Crippen molar-refractivity contribution in [3.8, 4) is 11.5 Å². The van der Waals surface area contributed by atoms with E-state index >= 15 is 0 Å². The summed E-state index contributed by atoms with van der Waals surface area (Å²) in [5.41, 5.74) is 2.52. The van der Waals surface area contributed by atoms with Crippen molar-refractivity contribution in [3.05, 3.63) is 90.9 Å². The minimum Gasteiger partial charge on any atom is -0.457 e. The summed E-state index contributed by atoms with van der Waals surface area (Å²) in [6.07, 6.45) is 4.43. The zero-order chi connectivity index (χ0) is 22.5. The van der Waals surface area contributed by atoms with Gasteiger partial charge >= 0.3 is 0 Å². The maximum absolute atomic E-state index is 12.4. The van der Waals surface area contributed by atoms with Gasteiger partial charge in [0.15, 0.2) is 0 Å².